The highest BCUT2D eigenvalue weighted by molar-refractivity contribution is 6.04. The Bertz CT molecular complexity index is 455. The highest BCUT2D eigenvalue weighted by atomic mass is 16.5. The number of oxime groups is 1. The summed E-state index contributed by atoms with van der Waals surface area (Å²) in [4.78, 5) is 11.7. The van der Waals surface area contributed by atoms with Crippen molar-refractivity contribution in [2.24, 2.45) is 17.9 Å². The van der Waals surface area contributed by atoms with Crippen LogP contribution in [0.4, 0.5) is 5.82 Å². The van der Waals surface area contributed by atoms with Crippen LogP contribution >= 0.6 is 0 Å². The van der Waals surface area contributed by atoms with Gasteiger partial charge in [0.15, 0.2) is 5.84 Å². The number of hydrogen-bond acceptors (Lipinski definition) is 5. The van der Waals surface area contributed by atoms with Crippen LogP contribution in [0.15, 0.2) is 11.4 Å². The number of amides is 1. The zero-order valence-electron chi connectivity index (χ0n) is 11.1. The van der Waals surface area contributed by atoms with Gasteiger partial charge in [-0.3, -0.25) is 9.48 Å². The molecule has 0 radical (unpaired) electrons. The smallest absolute Gasteiger partial charge is 0.225 e. The van der Waals surface area contributed by atoms with E-state index in [9.17, 15) is 4.79 Å². The van der Waals surface area contributed by atoms with E-state index in [0.29, 0.717) is 37.4 Å². The Hall–Kier alpha value is -2.09. The zero-order chi connectivity index (χ0) is 14.3. The molecule has 8 heteroatoms. The van der Waals surface area contributed by atoms with Gasteiger partial charge in [0, 0.05) is 26.7 Å². The lowest BCUT2D eigenvalue weighted by Gasteiger charge is -2.07. The van der Waals surface area contributed by atoms with E-state index in [2.05, 4.69) is 15.6 Å². The molecule has 0 atom stereocenters. The van der Waals surface area contributed by atoms with Crippen LogP contribution in [0.1, 0.15) is 25.3 Å². The number of carbonyl (C=O) groups is 1. The number of rotatable bonds is 7. The molecule has 106 valence electrons. The van der Waals surface area contributed by atoms with Gasteiger partial charge in [-0.25, -0.2) is 0 Å². The van der Waals surface area contributed by atoms with E-state index < -0.39 is 0 Å². The van der Waals surface area contributed by atoms with Crippen molar-refractivity contribution in [1.29, 1.82) is 0 Å². The maximum absolute atomic E-state index is 11.7. The van der Waals surface area contributed by atoms with Crippen LogP contribution in [0.3, 0.4) is 0 Å². The second kappa shape index (κ2) is 7.37. The normalized spacial score (nSPS) is 11.6. The van der Waals surface area contributed by atoms with Crippen molar-refractivity contribution in [2.75, 3.05) is 18.5 Å². The lowest BCUT2D eigenvalue weighted by atomic mass is 10.2. The van der Waals surface area contributed by atoms with E-state index in [0.717, 1.165) is 0 Å². The van der Waals surface area contributed by atoms with E-state index in [1.807, 2.05) is 6.92 Å². The van der Waals surface area contributed by atoms with Gasteiger partial charge in [-0.05, 0) is 13.3 Å². The summed E-state index contributed by atoms with van der Waals surface area (Å²) in [5, 5.41) is 18.2. The number of hydrogen-bond donors (Lipinski definition) is 3. The molecule has 0 bridgehead atoms. The van der Waals surface area contributed by atoms with Crippen LogP contribution in [-0.2, 0) is 16.6 Å². The SMILES string of the molecule is CCOCCCC(=O)Nc1c(C(N)=NO)cnn1C. The van der Waals surface area contributed by atoms with Crippen LogP contribution in [0.25, 0.3) is 0 Å². The maximum atomic E-state index is 11.7. The molecule has 0 unspecified atom stereocenters. The first-order valence-corrected chi connectivity index (χ1v) is 5.97. The highest BCUT2D eigenvalue weighted by Gasteiger charge is 2.14. The standard InChI is InChI=1S/C11H19N5O3/c1-3-19-6-4-5-9(17)14-11-8(10(12)15-18)7-13-16(11)2/h7,18H,3-6H2,1-2H3,(H2,12,15)(H,14,17). The van der Waals surface area contributed by atoms with Gasteiger partial charge in [0.1, 0.15) is 5.82 Å². The molecule has 1 amide bonds. The van der Waals surface area contributed by atoms with Crippen molar-refractivity contribution < 1.29 is 14.7 Å². The molecular formula is C11H19N5O3. The number of amidine groups is 1. The molecule has 0 saturated carbocycles. The molecule has 4 N–H and O–H groups in total. The third-order valence-electron chi connectivity index (χ3n) is 2.48. The lowest BCUT2D eigenvalue weighted by molar-refractivity contribution is -0.116. The third kappa shape index (κ3) is 4.25. The van der Waals surface area contributed by atoms with Crippen molar-refractivity contribution in [3.05, 3.63) is 11.8 Å². The van der Waals surface area contributed by atoms with Gasteiger partial charge in [0.05, 0.1) is 11.8 Å². The summed E-state index contributed by atoms with van der Waals surface area (Å²) in [6.45, 7) is 3.08. The van der Waals surface area contributed by atoms with Gasteiger partial charge >= 0.3 is 0 Å². The molecule has 1 aromatic heterocycles. The van der Waals surface area contributed by atoms with E-state index >= 15 is 0 Å². The number of nitrogens with zero attached hydrogens (tertiary/aromatic N) is 3. The predicted molar refractivity (Wildman–Crippen MR) is 70.1 cm³/mol. The van der Waals surface area contributed by atoms with E-state index in [1.54, 1.807) is 7.05 Å². The van der Waals surface area contributed by atoms with Crippen molar-refractivity contribution >= 4 is 17.6 Å². The van der Waals surface area contributed by atoms with Gasteiger partial charge in [-0.15, -0.1) is 0 Å². The fourth-order valence-corrected chi connectivity index (χ4v) is 1.50. The number of carbonyl (C=O) groups excluding carboxylic acids is 1. The molecular weight excluding hydrogens is 250 g/mol. The Morgan fingerprint density at radius 3 is 3.05 bits per heavy atom. The average molecular weight is 269 g/mol. The molecule has 19 heavy (non-hydrogen) atoms. The first-order chi connectivity index (χ1) is 9.10. The maximum Gasteiger partial charge on any atom is 0.225 e. The van der Waals surface area contributed by atoms with Gasteiger partial charge in [-0.1, -0.05) is 5.16 Å². The molecule has 0 aliphatic carbocycles. The summed E-state index contributed by atoms with van der Waals surface area (Å²) < 4.78 is 6.60. The number of anilines is 1. The summed E-state index contributed by atoms with van der Waals surface area (Å²) >= 11 is 0. The van der Waals surface area contributed by atoms with Crippen LogP contribution in [0.2, 0.25) is 0 Å². The predicted octanol–water partition coefficient (Wildman–Crippen LogP) is 0.270. The van der Waals surface area contributed by atoms with Gasteiger partial charge < -0.3 is 21.0 Å². The topological polar surface area (TPSA) is 115 Å². The van der Waals surface area contributed by atoms with Crippen molar-refractivity contribution in [3.63, 3.8) is 0 Å². The Labute approximate surface area is 111 Å². The van der Waals surface area contributed by atoms with Crippen molar-refractivity contribution in [1.82, 2.24) is 9.78 Å². The largest absolute Gasteiger partial charge is 0.409 e. The Balaban J connectivity index is 2.61. The van der Waals surface area contributed by atoms with E-state index in [-0.39, 0.29) is 11.7 Å². The highest BCUT2D eigenvalue weighted by Crippen LogP contribution is 2.14. The number of ether oxygens (including phenoxy) is 1. The minimum absolute atomic E-state index is 0.0993. The first-order valence-electron chi connectivity index (χ1n) is 5.97. The molecule has 0 aliphatic heterocycles. The minimum atomic E-state index is -0.171. The van der Waals surface area contributed by atoms with Gasteiger partial charge in [0.2, 0.25) is 5.91 Å². The van der Waals surface area contributed by atoms with E-state index in [1.165, 1.54) is 10.9 Å². The zero-order valence-corrected chi connectivity index (χ0v) is 11.1. The van der Waals surface area contributed by atoms with Gasteiger partial charge in [0.25, 0.3) is 0 Å². The van der Waals surface area contributed by atoms with Crippen LogP contribution < -0.4 is 11.1 Å². The average Bonchev–Trinajstić information content (AvgIpc) is 2.75. The third-order valence-corrected chi connectivity index (χ3v) is 2.48. The summed E-state index contributed by atoms with van der Waals surface area (Å²) in [6.07, 6.45) is 2.39. The van der Waals surface area contributed by atoms with Crippen LogP contribution in [0.5, 0.6) is 0 Å². The summed E-state index contributed by atoms with van der Waals surface area (Å²) in [5.74, 6) is 0.129. The number of nitrogens with one attached hydrogen (secondary N) is 1. The molecule has 1 aromatic rings. The molecule has 1 heterocycles. The summed E-state index contributed by atoms with van der Waals surface area (Å²) in [7, 11) is 1.66. The molecule has 0 saturated heterocycles. The molecule has 0 spiro atoms. The van der Waals surface area contributed by atoms with Gasteiger partial charge in [-0.2, -0.15) is 5.10 Å². The Morgan fingerprint density at radius 1 is 1.68 bits per heavy atom. The molecule has 0 aromatic carbocycles. The molecule has 1 rings (SSSR count). The molecule has 8 nitrogen and oxygen atoms in total. The molecule has 0 fully saturated rings. The number of aryl methyl sites for hydroxylation is 1. The minimum Gasteiger partial charge on any atom is -0.409 e. The Kier molecular flexibility index (Phi) is 5.80. The van der Waals surface area contributed by atoms with Crippen molar-refractivity contribution in [2.45, 2.75) is 19.8 Å². The first kappa shape index (κ1) is 15.0. The monoisotopic (exact) mass is 269 g/mol. The van der Waals surface area contributed by atoms with E-state index in [4.69, 9.17) is 15.7 Å². The van der Waals surface area contributed by atoms with Crippen LogP contribution in [-0.4, -0.2) is 39.9 Å². The summed E-state index contributed by atoms with van der Waals surface area (Å²) in [5.41, 5.74) is 5.88. The lowest BCUT2D eigenvalue weighted by Crippen LogP contribution is -2.20. The summed E-state index contributed by atoms with van der Waals surface area (Å²) in [6, 6.07) is 0. The molecule has 0 aliphatic rings. The number of nitrogens with two attached hydrogens (primary N) is 1. The fraction of sp³-hybridized carbons (Fsp3) is 0.545. The second-order valence-corrected chi connectivity index (χ2v) is 3.86. The second-order valence-electron chi connectivity index (χ2n) is 3.86. The fourth-order valence-electron chi connectivity index (χ4n) is 1.50. The quantitative estimate of drug-likeness (QED) is 0.216. The van der Waals surface area contributed by atoms with Crippen molar-refractivity contribution in [3.8, 4) is 0 Å². The Morgan fingerprint density at radius 2 is 2.42 bits per heavy atom. The van der Waals surface area contributed by atoms with Crippen LogP contribution in [0, 0.1) is 0 Å². The number of aromatic nitrogens is 2.